The molecule has 1 heterocycles. The molecule has 138 valence electrons. The summed E-state index contributed by atoms with van der Waals surface area (Å²) in [7, 11) is 0. The second-order valence-electron chi connectivity index (χ2n) is 7.10. The van der Waals surface area contributed by atoms with Crippen molar-refractivity contribution in [1.82, 2.24) is 15.3 Å². The Labute approximate surface area is 161 Å². The molecule has 1 aliphatic carbocycles. The lowest BCUT2D eigenvalue weighted by atomic mass is 10.0. The Kier molecular flexibility index (Phi) is 6.25. The summed E-state index contributed by atoms with van der Waals surface area (Å²) in [4.78, 5) is 31.1. The zero-order valence-electron chi connectivity index (χ0n) is 14.9. The predicted molar refractivity (Wildman–Crippen MR) is 105 cm³/mol. The molecule has 2 aromatic rings. The van der Waals surface area contributed by atoms with Crippen LogP contribution in [0.3, 0.4) is 0 Å². The van der Waals surface area contributed by atoms with Gasteiger partial charge in [-0.25, -0.2) is 4.98 Å². The van der Waals surface area contributed by atoms with Gasteiger partial charge in [-0.15, -0.1) is 0 Å². The number of aryl methyl sites for hydroxylation is 2. The van der Waals surface area contributed by atoms with E-state index in [1.54, 1.807) is 13.1 Å². The summed E-state index contributed by atoms with van der Waals surface area (Å²) in [6.07, 6.45) is 6.63. The second kappa shape index (κ2) is 8.62. The molecule has 1 aromatic carbocycles. The maximum absolute atomic E-state index is 12.4. The molecule has 5 nitrogen and oxygen atoms in total. The van der Waals surface area contributed by atoms with Crippen molar-refractivity contribution in [3.8, 4) is 0 Å². The molecule has 26 heavy (non-hydrogen) atoms. The first-order valence-electron chi connectivity index (χ1n) is 9.08. The van der Waals surface area contributed by atoms with Crippen LogP contribution >= 0.6 is 15.9 Å². The molecule has 3 rings (SSSR count). The van der Waals surface area contributed by atoms with Gasteiger partial charge in [-0.3, -0.25) is 9.59 Å². The summed E-state index contributed by atoms with van der Waals surface area (Å²) >= 11 is 3.50. The van der Waals surface area contributed by atoms with E-state index in [9.17, 15) is 9.59 Å². The fraction of sp³-hybridized carbons (Fsp3) is 0.450. The van der Waals surface area contributed by atoms with Crippen molar-refractivity contribution >= 4 is 21.8 Å². The van der Waals surface area contributed by atoms with Crippen molar-refractivity contribution < 1.29 is 4.79 Å². The number of carbonyl (C=O) groups is 1. The molecule has 0 bridgehead atoms. The molecule has 1 unspecified atom stereocenters. The van der Waals surface area contributed by atoms with Crippen molar-refractivity contribution in [1.29, 1.82) is 0 Å². The summed E-state index contributed by atoms with van der Waals surface area (Å²) in [6, 6.07) is 8.36. The van der Waals surface area contributed by atoms with Gasteiger partial charge in [0.2, 0.25) is 5.91 Å². The van der Waals surface area contributed by atoms with E-state index in [1.165, 1.54) is 18.4 Å². The number of benzene rings is 1. The number of nitrogens with zero attached hydrogens (tertiary/aromatic N) is 1. The molecule has 1 saturated carbocycles. The van der Waals surface area contributed by atoms with Crippen LogP contribution in [0.1, 0.15) is 42.6 Å². The molecule has 1 atom stereocenters. The van der Waals surface area contributed by atoms with Crippen LogP contribution in [0.4, 0.5) is 0 Å². The van der Waals surface area contributed by atoms with Crippen LogP contribution in [0, 0.1) is 12.8 Å². The minimum atomic E-state index is -0.158. The molecule has 1 fully saturated rings. The van der Waals surface area contributed by atoms with Gasteiger partial charge >= 0.3 is 0 Å². The van der Waals surface area contributed by atoms with Crippen LogP contribution in [-0.4, -0.2) is 21.9 Å². The lowest BCUT2D eigenvalue weighted by Gasteiger charge is -2.19. The van der Waals surface area contributed by atoms with Crippen molar-refractivity contribution in [2.75, 3.05) is 0 Å². The van der Waals surface area contributed by atoms with Gasteiger partial charge in [0, 0.05) is 28.7 Å². The molecule has 0 spiro atoms. The topological polar surface area (TPSA) is 74.8 Å². The van der Waals surface area contributed by atoms with E-state index >= 15 is 0 Å². The average Bonchev–Trinajstić information content (AvgIpc) is 3.38. The van der Waals surface area contributed by atoms with Gasteiger partial charge in [-0.1, -0.05) is 40.9 Å². The first kappa shape index (κ1) is 18.8. The molecule has 6 heteroatoms. The first-order valence-corrected chi connectivity index (χ1v) is 9.87. The minimum Gasteiger partial charge on any atom is -0.353 e. The number of rotatable bonds is 8. The summed E-state index contributed by atoms with van der Waals surface area (Å²) in [5.74, 6) is 1.31. The van der Waals surface area contributed by atoms with E-state index in [0.717, 1.165) is 23.2 Å². The Morgan fingerprint density at radius 1 is 1.42 bits per heavy atom. The second-order valence-corrected chi connectivity index (χ2v) is 8.02. The van der Waals surface area contributed by atoms with Gasteiger partial charge in [0.05, 0.1) is 0 Å². The molecule has 1 aromatic heterocycles. The first-order chi connectivity index (χ1) is 12.5. The van der Waals surface area contributed by atoms with Gasteiger partial charge in [-0.2, -0.15) is 0 Å². The number of H-pyrrole nitrogens is 1. The van der Waals surface area contributed by atoms with Gasteiger partial charge < -0.3 is 10.3 Å². The Bertz CT molecular complexity index is 830. The van der Waals surface area contributed by atoms with Crippen LogP contribution in [0.15, 0.2) is 39.7 Å². The maximum Gasteiger partial charge on any atom is 0.254 e. The molecule has 0 saturated heterocycles. The SMILES string of the molecule is Cc1ncc(CCC(=O)NC(Cc2cccc(Br)c2)CC2CC2)c(=O)[nH]1. The number of carbonyl (C=O) groups excluding carboxylic acids is 1. The molecule has 0 aliphatic heterocycles. The molecule has 1 amide bonds. The van der Waals surface area contributed by atoms with Crippen molar-refractivity contribution in [3.63, 3.8) is 0 Å². The third-order valence-electron chi connectivity index (χ3n) is 4.67. The highest BCUT2D eigenvalue weighted by atomic mass is 79.9. The fourth-order valence-corrected chi connectivity index (χ4v) is 3.58. The fourth-order valence-electron chi connectivity index (χ4n) is 3.13. The van der Waals surface area contributed by atoms with Gasteiger partial charge in [0.25, 0.3) is 5.56 Å². The third-order valence-corrected chi connectivity index (χ3v) is 5.17. The number of aromatic amines is 1. The lowest BCUT2D eigenvalue weighted by Crippen LogP contribution is -2.37. The monoisotopic (exact) mass is 417 g/mol. The average molecular weight is 418 g/mol. The highest BCUT2D eigenvalue weighted by Crippen LogP contribution is 2.34. The smallest absolute Gasteiger partial charge is 0.254 e. The normalized spacial score (nSPS) is 14.8. The van der Waals surface area contributed by atoms with Gasteiger partial charge in [-0.05, 0) is 49.8 Å². The van der Waals surface area contributed by atoms with Crippen molar-refractivity contribution in [3.05, 3.63) is 62.2 Å². The van der Waals surface area contributed by atoms with E-state index in [1.807, 2.05) is 12.1 Å². The van der Waals surface area contributed by atoms with Gasteiger partial charge in [0.1, 0.15) is 5.82 Å². The van der Waals surface area contributed by atoms with Crippen LogP contribution < -0.4 is 10.9 Å². The zero-order valence-corrected chi connectivity index (χ0v) is 16.5. The number of nitrogens with one attached hydrogen (secondary N) is 2. The lowest BCUT2D eigenvalue weighted by molar-refractivity contribution is -0.121. The number of halogens is 1. The molecule has 2 N–H and O–H groups in total. The van der Waals surface area contributed by atoms with Crippen molar-refractivity contribution in [2.24, 2.45) is 5.92 Å². The van der Waals surface area contributed by atoms with E-state index < -0.39 is 0 Å². The standard InChI is InChI=1S/C20H24BrN3O2/c1-13-22-12-16(20(26)23-13)7-8-19(25)24-18(10-14-5-6-14)11-15-3-2-4-17(21)9-15/h2-4,9,12,14,18H,5-8,10-11H2,1H3,(H,24,25)(H,22,23,26). The van der Waals surface area contributed by atoms with E-state index in [4.69, 9.17) is 0 Å². The number of amides is 1. The quantitative estimate of drug-likeness (QED) is 0.691. The summed E-state index contributed by atoms with van der Waals surface area (Å²) in [5.41, 5.74) is 1.61. The zero-order chi connectivity index (χ0) is 18.5. The summed E-state index contributed by atoms with van der Waals surface area (Å²) in [5, 5.41) is 3.17. The highest BCUT2D eigenvalue weighted by Gasteiger charge is 2.26. The Hall–Kier alpha value is -1.95. The molecular formula is C20H24BrN3O2. The van der Waals surface area contributed by atoms with E-state index in [-0.39, 0.29) is 17.5 Å². The molecular weight excluding hydrogens is 394 g/mol. The number of hydrogen-bond donors (Lipinski definition) is 2. The van der Waals surface area contributed by atoms with Crippen LogP contribution in [0.25, 0.3) is 0 Å². The molecule has 0 radical (unpaired) electrons. The van der Waals surface area contributed by atoms with E-state index in [0.29, 0.717) is 24.2 Å². The Morgan fingerprint density at radius 2 is 2.23 bits per heavy atom. The maximum atomic E-state index is 12.4. The third kappa shape index (κ3) is 5.80. The Morgan fingerprint density at radius 3 is 2.92 bits per heavy atom. The van der Waals surface area contributed by atoms with Gasteiger partial charge in [0.15, 0.2) is 0 Å². The highest BCUT2D eigenvalue weighted by molar-refractivity contribution is 9.10. The number of aromatic nitrogens is 2. The minimum absolute atomic E-state index is 0.00868. The summed E-state index contributed by atoms with van der Waals surface area (Å²) < 4.78 is 1.05. The van der Waals surface area contributed by atoms with Crippen LogP contribution in [-0.2, 0) is 17.6 Å². The number of hydrogen-bond acceptors (Lipinski definition) is 3. The molecule has 1 aliphatic rings. The predicted octanol–water partition coefficient (Wildman–Crippen LogP) is 3.30. The van der Waals surface area contributed by atoms with Crippen molar-refractivity contribution in [2.45, 2.75) is 51.5 Å². The largest absolute Gasteiger partial charge is 0.353 e. The van der Waals surface area contributed by atoms with Crippen LogP contribution in [0.5, 0.6) is 0 Å². The van der Waals surface area contributed by atoms with E-state index in [2.05, 4.69) is 43.3 Å². The Balaban J connectivity index is 1.57. The summed E-state index contributed by atoms with van der Waals surface area (Å²) in [6.45, 7) is 1.74. The van der Waals surface area contributed by atoms with Crippen LogP contribution in [0.2, 0.25) is 0 Å².